The van der Waals surface area contributed by atoms with E-state index in [1.165, 1.54) is 42.5 Å². The monoisotopic (exact) mass is 528 g/mol. The minimum Gasteiger partial charge on any atom is -0.478 e. The molecule has 176 valence electrons. The van der Waals surface area contributed by atoms with Gasteiger partial charge in [0.1, 0.15) is 11.5 Å². The Labute approximate surface area is 211 Å². The SMILES string of the molecule is O=C(O)c1cc(C(=O)O)cc(-c2ccc(/C=C3/SC(=S)N(NC(=O)c4ccc(Cl)cc4)C3=O)o2)c1. The third kappa shape index (κ3) is 5.27. The number of benzene rings is 2. The van der Waals surface area contributed by atoms with E-state index in [2.05, 4.69) is 5.43 Å². The van der Waals surface area contributed by atoms with Gasteiger partial charge < -0.3 is 14.6 Å². The second-order valence-electron chi connectivity index (χ2n) is 7.08. The van der Waals surface area contributed by atoms with Gasteiger partial charge in [0.2, 0.25) is 0 Å². The number of carboxylic acids is 2. The van der Waals surface area contributed by atoms with Crippen molar-refractivity contribution >= 4 is 69.7 Å². The van der Waals surface area contributed by atoms with Crippen molar-refractivity contribution < 1.29 is 33.8 Å². The average Bonchev–Trinajstić information content (AvgIpc) is 3.39. The van der Waals surface area contributed by atoms with E-state index in [1.807, 2.05) is 0 Å². The number of hydrogen-bond donors (Lipinski definition) is 3. The van der Waals surface area contributed by atoms with Crippen molar-refractivity contribution in [3.63, 3.8) is 0 Å². The third-order valence-electron chi connectivity index (χ3n) is 4.73. The number of halogens is 1. The molecule has 0 saturated carbocycles. The molecule has 2 amide bonds. The molecule has 3 aromatic rings. The number of nitrogens with one attached hydrogen (secondary N) is 1. The van der Waals surface area contributed by atoms with Crippen LogP contribution < -0.4 is 5.43 Å². The highest BCUT2D eigenvalue weighted by Gasteiger charge is 2.34. The largest absolute Gasteiger partial charge is 0.478 e. The van der Waals surface area contributed by atoms with E-state index in [4.69, 9.17) is 28.2 Å². The first kappa shape index (κ1) is 24.2. The zero-order valence-electron chi connectivity index (χ0n) is 17.4. The van der Waals surface area contributed by atoms with Crippen LogP contribution in [0.2, 0.25) is 5.02 Å². The number of thiocarbonyl (C=S) groups is 1. The van der Waals surface area contributed by atoms with Gasteiger partial charge in [0, 0.05) is 22.2 Å². The number of carbonyl (C=O) groups is 4. The van der Waals surface area contributed by atoms with E-state index in [0.717, 1.165) is 22.8 Å². The predicted molar refractivity (Wildman–Crippen MR) is 132 cm³/mol. The van der Waals surface area contributed by atoms with Gasteiger partial charge in [0.05, 0.1) is 16.0 Å². The molecule has 0 radical (unpaired) electrons. The summed E-state index contributed by atoms with van der Waals surface area (Å²) < 4.78 is 5.80. The van der Waals surface area contributed by atoms with Crippen LogP contribution in [0.1, 0.15) is 36.8 Å². The fraction of sp³-hybridized carbons (Fsp3) is 0. The van der Waals surface area contributed by atoms with Gasteiger partial charge in [-0.3, -0.25) is 15.0 Å². The summed E-state index contributed by atoms with van der Waals surface area (Å²) in [7, 11) is 0. The quantitative estimate of drug-likeness (QED) is 0.311. The Bertz CT molecular complexity index is 1400. The molecule has 0 aliphatic carbocycles. The van der Waals surface area contributed by atoms with Crippen LogP contribution in [0.3, 0.4) is 0 Å². The predicted octanol–water partition coefficient (Wildman–Crippen LogP) is 4.54. The van der Waals surface area contributed by atoms with Crippen molar-refractivity contribution in [1.29, 1.82) is 0 Å². The minimum atomic E-state index is -1.29. The van der Waals surface area contributed by atoms with Crippen LogP contribution in [-0.2, 0) is 4.79 Å². The fourth-order valence-corrected chi connectivity index (χ4v) is 4.35. The second-order valence-corrected chi connectivity index (χ2v) is 9.19. The molecule has 4 rings (SSSR count). The molecule has 1 fully saturated rings. The maximum Gasteiger partial charge on any atom is 0.335 e. The molecule has 2 aromatic carbocycles. The Morgan fingerprint density at radius 3 is 2.20 bits per heavy atom. The molecule has 0 unspecified atom stereocenters. The first-order chi connectivity index (χ1) is 16.6. The molecule has 1 aromatic heterocycles. The van der Waals surface area contributed by atoms with Crippen LogP contribution in [0, 0.1) is 0 Å². The molecular formula is C23H13ClN2O7S2. The number of carboxylic acid groups (broad SMARTS) is 2. The van der Waals surface area contributed by atoms with Crippen molar-refractivity contribution in [3.8, 4) is 11.3 Å². The molecule has 1 aliphatic rings. The van der Waals surface area contributed by atoms with Crippen LogP contribution in [0.5, 0.6) is 0 Å². The second kappa shape index (κ2) is 9.74. The number of carbonyl (C=O) groups excluding carboxylic acids is 2. The van der Waals surface area contributed by atoms with Crippen molar-refractivity contribution in [2.24, 2.45) is 0 Å². The summed E-state index contributed by atoms with van der Waals surface area (Å²) in [6.07, 6.45) is 1.41. The summed E-state index contributed by atoms with van der Waals surface area (Å²) >= 11 is 12.0. The summed E-state index contributed by atoms with van der Waals surface area (Å²) in [5.74, 6) is -3.25. The van der Waals surface area contributed by atoms with E-state index in [0.29, 0.717) is 5.02 Å². The smallest absolute Gasteiger partial charge is 0.335 e. The summed E-state index contributed by atoms with van der Waals surface area (Å²) in [6, 6.07) is 12.7. The Morgan fingerprint density at radius 2 is 1.60 bits per heavy atom. The number of amides is 2. The van der Waals surface area contributed by atoms with Gasteiger partial charge in [-0.05, 0) is 66.8 Å². The Hall–Kier alpha value is -3.93. The highest BCUT2D eigenvalue weighted by molar-refractivity contribution is 8.26. The zero-order chi connectivity index (χ0) is 25.3. The average molecular weight is 529 g/mol. The van der Waals surface area contributed by atoms with Gasteiger partial charge in [0.15, 0.2) is 4.32 Å². The van der Waals surface area contributed by atoms with Gasteiger partial charge >= 0.3 is 11.9 Å². The highest BCUT2D eigenvalue weighted by atomic mass is 35.5. The molecule has 2 heterocycles. The third-order valence-corrected chi connectivity index (χ3v) is 6.28. The van der Waals surface area contributed by atoms with Gasteiger partial charge in [-0.1, -0.05) is 23.4 Å². The number of rotatable bonds is 6. The van der Waals surface area contributed by atoms with Gasteiger partial charge in [0.25, 0.3) is 11.8 Å². The molecule has 1 saturated heterocycles. The first-order valence-electron chi connectivity index (χ1n) is 9.69. The van der Waals surface area contributed by atoms with Crippen LogP contribution in [-0.4, -0.2) is 43.3 Å². The highest BCUT2D eigenvalue weighted by Crippen LogP contribution is 2.33. The van der Waals surface area contributed by atoms with E-state index in [1.54, 1.807) is 12.1 Å². The van der Waals surface area contributed by atoms with E-state index in [-0.39, 0.29) is 43.0 Å². The maximum absolute atomic E-state index is 12.8. The first-order valence-corrected chi connectivity index (χ1v) is 11.3. The number of hydrogen-bond acceptors (Lipinski definition) is 7. The lowest BCUT2D eigenvalue weighted by molar-refractivity contribution is -0.123. The Balaban J connectivity index is 1.55. The lowest BCUT2D eigenvalue weighted by Crippen LogP contribution is -2.44. The minimum absolute atomic E-state index is 0.107. The molecule has 0 atom stereocenters. The Kier molecular flexibility index (Phi) is 6.74. The number of nitrogens with zero attached hydrogens (tertiary/aromatic N) is 1. The molecule has 0 spiro atoms. The molecule has 35 heavy (non-hydrogen) atoms. The summed E-state index contributed by atoms with van der Waals surface area (Å²) in [5, 5.41) is 19.9. The van der Waals surface area contributed by atoms with Crippen molar-refractivity contribution in [3.05, 3.63) is 87.0 Å². The Morgan fingerprint density at radius 1 is 0.971 bits per heavy atom. The summed E-state index contributed by atoms with van der Waals surface area (Å²) in [6.45, 7) is 0. The van der Waals surface area contributed by atoms with E-state index >= 15 is 0 Å². The molecule has 3 N–H and O–H groups in total. The van der Waals surface area contributed by atoms with E-state index < -0.39 is 23.8 Å². The topological polar surface area (TPSA) is 137 Å². The number of hydrazine groups is 1. The van der Waals surface area contributed by atoms with E-state index in [9.17, 15) is 29.4 Å². The van der Waals surface area contributed by atoms with Crippen LogP contribution in [0.4, 0.5) is 0 Å². The van der Waals surface area contributed by atoms with Crippen molar-refractivity contribution in [1.82, 2.24) is 10.4 Å². The molecule has 12 heteroatoms. The molecular weight excluding hydrogens is 516 g/mol. The normalized spacial score (nSPS) is 14.4. The lowest BCUT2D eigenvalue weighted by atomic mass is 10.0. The van der Waals surface area contributed by atoms with Crippen LogP contribution in [0.25, 0.3) is 17.4 Å². The summed E-state index contributed by atoms with van der Waals surface area (Å²) in [5.41, 5.74) is 2.55. The fourth-order valence-electron chi connectivity index (χ4n) is 3.06. The molecule has 0 bridgehead atoms. The number of aromatic carboxylic acids is 2. The zero-order valence-corrected chi connectivity index (χ0v) is 19.7. The van der Waals surface area contributed by atoms with Crippen LogP contribution in [0.15, 0.2) is 63.9 Å². The maximum atomic E-state index is 12.8. The number of thioether (sulfide) groups is 1. The molecule has 1 aliphatic heterocycles. The summed E-state index contributed by atoms with van der Waals surface area (Å²) in [4.78, 5) is 48.1. The van der Waals surface area contributed by atoms with Crippen molar-refractivity contribution in [2.75, 3.05) is 0 Å². The number of furan rings is 1. The van der Waals surface area contributed by atoms with Gasteiger partial charge in [-0.2, -0.15) is 5.01 Å². The van der Waals surface area contributed by atoms with Gasteiger partial charge in [-0.15, -0.1) is 0 Å². The van der Waals surface area contributed by atoms with Crippen LogP contribution >= 0.6 is 35.6 Å². The van der Waals surface area contributed by atoms with Gasteiger partial charge in [-0.25, -0.2) is 9.59 Å². The molecule has 9 nitrogen and oxygen atoms in total. The van der Waals surface area contributed by atoms with Crippen molar-refractivity contribution in [2.45, 2.75) is 0 Å². The lowest BCUT2D eigenvalue weighted by Gasteiger charge is -2.15. The standard InChI is InChI=1S/C23H13ClN2O7S2/c24-15-3-1-11(2-4-15)19(27)25-26-20(28)18(35-23(26)34)10-16-5-6-17(33-16)12-7-13(21(29)30)9-14(8-12)22(31)32/h1-10H,(H,25,27)(H,29,30)(H,31,32)/b18-10+.